The van der Waals surface area contributed by atoms with Crippen molar-refractivity contribution >= 4 is 27.5 Å². The molecule has 0 saturated carbocycles. The monoisotopic (exact) mass is 645 g/mol. The van der Waals surface area contributed by atoms with Crippen LogP contribution in [0.4, 0.5) is 10.1 Å². The van der Waals surface area contributed by atoms with Crippen molar-refractivity contribution in [1.29, 1.82) is 0 Å². The van der Waals surface area contributed by atoms with Crippen LogP contribution in [-0.4, -0.2) is 50.9 Å². The average Bonchev–Trinajstić information content (AvgIpc) is 3.07. The molecule has 1 atom stereocenters. The van der Waals surface area contributed by atoms with Crippen molar-refractivity contribution in [3.63, 3.8) is 0 Å². The summed E-state index contributed by atoms with van der Waals surface area (Å²) in [6, 6.07) is 28.4. The van der Waals surface area contributed by atoms with Gasteiger partial charge in [-0.05, 0) is 61.4 Å². The molecule has 46 heavy (non-hydrogen) atoms. The molecule has 0 radical (unpaired) electrons. The predicted octanol–water partition coefficient (Wildman–Crippen LogP) is 5.98. The predicted molar refractivity (Wildman–Crippen MR) is 177 cm³/mol. The first-order chi connectivity index (χ1) is 22.2. The van der Waals surface area contributed by atoms with Crippen LogP contribution >= 0.6 is 0 Å². The lowest BCUT2D eigenvalue weighted by molar-refractivity contribution is -0.140. The van der Waals surface area contributed by atoms with E-state index < -0.39 is 40.2 Å². The smallest absolute Gasteiger partial charge is 0.264 e. The van der Waals surface area contributed by atoms with Crippen molar-refractivity contribution in [2.24, 2.45) is 0 Å². The Morgan fingerprint density at radius 1 is 0.848 bits per heavy atom. The number of carbonyl (C=O) groups is 2. The number of nitrogens with one attached hydrogen (secondary N) is 1. The first-order valence-electron chi connectivity index (χ1n) is 15.4. The van der Waals surface area contributed by atoms with Gasteiger partial charge in [-0.25, -0.2) is 12.8 Å². The normalized spacial score (nSPS) is 11.8. The number of sulfonamides is 1. The van der Waals surface area contributed by atoms with Crippen molar-refractivity contribution < 1.29 is 27.1 Å². The number of halogens is 1. The number of benzene rings is 4. The van der Waals surface area contributed by atoms with Gasteiger partial charge in [0.05, 0.1) is 17.2 Å². The van der Waals surface area contributed by atoms with E-state index in [0.717, 1.165) is 22.7 Å². The minimum atomic E-state index is -4.24. The standard InChI is InChI=1S/C36H40FN3O5S/c1-3-5-24-38-36(42)34(25-28-14-8-6-9-15-28)39(26-29-16-12-13-19-33(29)37)35(41)27-40(30-20-22-31(23-21-30)45-4-2)46(43,44)32-17-10-7-11-18-32/h6-23,34H,3-5,24-27H2,1-2H3,(H,38,42). The summed E-state index contributed by atoms with van der Waals surface area (Å²) in [4.78, 5) is 29.5. The Morgan fingerprint density at radius 2 is 1.48 bits per heavy atom. The molecule has 0 bridgehead atoms. The molecule has 0 aliphatic rings. The van der Waals surface area contributed by atoms with Gasteiger partial charge in [0, 0.05) is 25.1 Å². The molecule has 4 rings (SSSR count). The van der Waals surface area contributed by atoms with Crippen LogP contribution in [0.5, 0.6) is 5.75 Å². The number of rotatable bonds is 16. The molecule has 8 nitrogen and oxygen atoms in total. The molecular weight excluding hydrogens is 605 g/mol. The number of anilines is 1. The Hall–Kier alpha value is -4.70. The highest BCUT2D eigenvalue weighted by atomic mass is 32.2. The summed E-state index contributed by atoms with van der Waals surface area (Å²) in [5.41, 5.74) is 1.23. The second kappa shape index (κ2) is 16.6. The third-order valence-electron chi connectivity index (χ3n) is 7.44. The zero-order chi connectivity index (χ0) is 32.9. The number of carbonyl (C=O) groups excluding carboxylic acids is 2. The first kappa shape index (κ1) is 34.2. The minimum Gasteiger partial charge on any atom is -0.494 e. The van der Waals surface area contributed by atoms with Gasteiger partial charge in [0.15, 0.2) is 0 Å². The second-order valence-electron chi connectivity index (χ2n) is 10.7. The van der Waals surface area contributed by atoms with Crippen molar-refractivity contribution in [2.75, 3.05) is 24.0 Å². The van der Waals surface area contributed by atoms with E-state index in [-0.39, 0.29) is 29.1 Å². The van der Waals surface area contributed by atoms with Gasteiger partial charge in [-0.1, -0.05) is 80.1 Å². The summed E-state index contributed by atoms with van der Waals surface area (Å²) in [7, 11) is -4.24. The van der Waals surface area contributed by atoms with Gasteiger partial charge < -0.3 is 15.0 Å². The van der Waals surface area contributed by atoms with Gasteiger partial charge in [0.25, 0.3) is 10.0 Å². The maximum absolute atomic E-state index is 15.0. The molecule has 10 heteroatoms. The van der Waals surface area contributed by atoms with Gasteiger partial charge in [0.1, 0.15) is 24.2 Å². The molecule has 242 valence electrons. The quantitative estimate of drug-likeness (QED) is 0.151. The molecule has 0 aromatic heterocycles. The molecule has 1 N–H and O–H groups in total. The third kappa shape index (κ3) is 8.94. The van der Waals surface area contributed by atoms with E-state index in [4.69, 9.17) is 4.74 Å². The molecule has 1 unspecified atom stereocenters. The summed E-state index contributed by atoms with van der Waals surface area (Å²) in [6.07, 6.45) is 1.75. The van der Waals surface area contributed by atoms with Crippen molar-refractivity contribution in [2.45, 2.75) is 50.6 Å². The Kier molecular flexibility index (Phi) is 12.3. The molecule has 0 spiro atoms. The Morgan fingerprint density at radius 3 is 2.11 bits per heavy atom. The van der Waals surface area contributed by atoms with E-state index in [1.54, 1.807) is 60.7 Å². The van der Waals surface area contributed by atoms with Crippen LogP contribution in [0.2, 0.25) is 0 Å². The topological polar surface area (TPSA) is 96.0 Å². The van der Waals surface area contributed by atoms with Gasteiger partial charge in [-0.2, -0.15) is 0 Å². The number of ether oxygens (including phenoxy) is 1. The molecule has 2 amide bonds. The van der Waals surface area contributed by atoms with E-state index >= 15 is 4.39 Å². The number of hydrogen-bond acceptors (Lipinski definition) is 5. The zero-order valence-electron chi connectivity index (χ0n) is 26.1. The number of nitrogens with zero attached hydrogens (tertiary/aromatic N) is 2. The van der Waals surface area contributed by atoms with E-state index in [1.807, 2.05) is 44.2 Å². The summed E-state index contributed by atoms with van der Waals surface area (Å²) in [5, 5.41) is 2.93. The average molecular weight is 646 g/mol. The molecule has 4 aromatic carbocycles. The first-order valence-corrected chi connectivity index (χ1v) is 16.8. The molecular formula is C36H40FN3O5S. The van der Waals surface area contributed by atoms with E-state index in [1.165, 1.54) is 23.1 Å². The molecule has 4 aromatic rings. The van der Waals surface area contributed by atoms with Crippen molar-refractivity contribution in [3.8, 4) is 5.75 Å². The van der Waals surface area contributed by atoms with Gasteiger partial charge in [-0.15, -0.1) is 0 Å². The fourth-order valence-corrected chi connectivity index (χ4v) is 6.43. The lowest BCUT2D eigenvalue weighted by Crippen LogP contribution is -2.53. The van der Waals surface area contributed by atoms with E-state index in [9.17, 15) is 18.0 Å². The van der Waals surface area contributed by atoms with Crippen LogP contribution < -0.4 is 14.4 Å². The van der Waals surface area contributed by atoms with Crippen molar-refractivity contribution in [1.82, 2.24) is 10.2 Å². The lowest BCUT2D eigenvalue weighted by atomic mass is 10.0. The van der Waals surface area contributed by atoms with Gasteiger partial charge in [-0.3, -0.25) is 13.9 Å². The number of unbranched alkanes of at least 4 members (excludes halogenated alkanes) is 1. The molecule has 0 aliphatic heterocycles. The van der Waals surface area contributed by atoms with E-state index in [0.29, 0.717) is 18.9 Å². The Balaban J connectivity index is 1.79. The van der Waals surface area contributed by atoms with E-state index in [2.05, 4.69) is 5.32 Å². The highest BCUT2D eigenvalue weighted by molar-refractivity contribution is 7.92. The Labute approximate surface area is 270 Å². The molecule has 0 heterocycles. The fourth-order valence-electron chi connectivity index (χ4n) is 4.99. The maximum atomic E-state index is 15.0. The fraction of sp³-hybridized carbons (Fsp3) is 0.278. The van der Waals surface area contributed by atoms with Crippen LogP contribution in [0.1, 0.15) is 37.8 Å². The zero-order valence-corrected chi connectivity index (χ0v) is 27.0. The SMILES string of the molecule is CCCCNC(=O)C(Cc1ccccc1)N(Cc1ccccc1F)C(=O)CN(c1ccc(OCC)cc1)S(=O)(=O)c1ccccc1. The number of amides is 2. The van der Waals surface area contributed by atoms with Crippen LogP contribution in [0, 0.1) is 5.82 Å². The van der Waals surface area contributed by atoms with Crippen LogP contribution in [0.25, 0.3) is 0 Å². The minimum absolute atomic E-state index is 0.00418. The summed E-state index contributed by atoms with van der Waals surface area (Å²) >= 11 is 0. The highest BCUT2D eigenvalue weighted by Crippen LogP contribution is 2.27. The summed E-state index contributed by atoms with van der Waals surface area (Å²) in [6.45, 7) is 3.80. The molecule has 0 fully saturated rings. The molecule has 0 aliphatic carbocycles. The van der Waals surface area contributed by atoms with Crippen molar-refractivity contribution in [3.05, 3.63) is 126 Å². The van der Waals surface area contributed by atoms with Gasteiger partial charge in [0.2, 0.25) is 11.8 Å². The summed E-state index contributed by atoms with van der Waals surface area (Å²) < 4.78 is 49.7. The van der Waals surface area contributed by atoms with Crippen LogP contribution in [0.15, 0.2) is 114 Å². The molecule has 0 saturated heterocycles. The lowest BCUT2D eigenvalue weighted by Gasteiger charge is -2.34. The largest absolute Gasteiger partial charge is 0.494 e. The van der Waals surface area contributed by atoms with Crippen LogP contribution in [-0.2, 0) is 32.6 Å². The van der Waals surface area contributed by atoms with Gasteiger partial charge >= 0.3 is 0 Å². The number of hydrogen-bond donors (Lipinski definition) is 1. The highest BCUT2D eigenvalue weighted by Gasteiger charge is 2.35. The summed E-state index contributed by atoms with van der Waals surface area (Å²) in [5.74, 6) is -1.06. The second-order valence-corrected chi connectivity index (χ2v) is 12.6. The maximum Gasteiger partial charge on any atom is 0.264 e. The third-order valence-corrected chi connectivity index (χ3v) is 9.23. The van der Waals surface area contributed by atoms with Crippen LogP contribution in [0.3, 0.4) is 0 Å². The Bertz CT molecular complexity index is 1670.